The second kappa shape index (κ2) is 22.0. The first-order valence-corrected chi connectivity index (χ1v) is 17.6. The van der Waals surface area contributed by atoms with Crippen LogP contribution in [0.5, 0.6) is 5.75 Å². The highest BCUT2D eigenvalue weighted by molar-refractivity contribution is 5.95. The number of benzene rings is 2. The molecular formula is C37H55N7O8. The van der Waals surface area contributed by atoms with Crippen molar-refractivity contribution < 1.29 is 39.0 Å². The summed E-state index contributed by atoms with van der Waals surface area (Å²) in [6.45, 7) is 7.18. The number of hydrogen-bond donors (Lipinski definition) is 9. The van der Waals surface area contributed by atoms with E-state index in [-0.39, 0.29) is 36.8 Å². The molecule has 15 heteroatoms. The van der Waals surface area contributed by atoms with Crippen LogP contribution in [0.15, 0.2) is 54.6 Å². The Hall–Kier alpha value is -5.02. The summed E-state index contributed by atoms with van der Waals surface area (Å²) in [5, 5.41) is 32.4. The summed E-state index contributed by atoms with van der Waals surface area (Å²) >= 11 is 0. The maximum absolute atomic E-state index is 13.4. The number of amides is 5. The molecule has 11 N–H and O–H groups in total. The Bertz CT molecular complexity index is 1470. The lowest BCUT2D eigenvalue weighted by Gasteiger charge is -2.26. The van der Waals surface area contributed by atoms with Gasteiger partial charge < -0.3 is 48.3 Å². The smallest absolute Gasteiger partial charge is 0.326 e. The quantitative estimate of drug-likeness (QED) is 0.0759. The third-order valence-electron chi connectivity index (χ3n) is 8.24. The number of carbonyl (C=O) groups is 6. The Labute approximate surface area is 305 Å². The van der Waals surface area contributed by atoms with Gasteiger partial charge in [-0.3, -0.25) is 24.0 Å². The topological polar surface area (TPSA) is 255 Å². The minimum Gasteiger partial charge on any atom is -0.508 e. The number of carbonyl (C=O) groups excluding carboxylic acids is 5. The molecule has 0 saturated heterocycles. The van der Waals surface area contributed by atoms with Gasteiger partial charge in [0.05, 0.1) is 12.6 Å². The zero-order chi connectivity index (χ0) is 38.8. The van der Waals surface area contributed by atoms with Crippen LogP contribution in [-0.4, -0.2) is 89.0 Å². The van der Waals surface area contributed by atoms with Gasteiger partial charge in [0, 0.05) is 12.8 Å². The van der Waals surface area contributed by atoms with E-state index in [9.17, 15) is 39.0 Å². The second-order valence-electron chi connectivity index (χ2n) is 13.6. The van der Waals surface area contributed by atoms with Crippen LogP contribution in [0.1, 0.15) is 64.5 Å². The van der Waals surface area contributed by atoms with Crippen LogP contribution in [-0.2, 0) is 41.6 Å². The summed E-state index contributed by atoms with van der Waals surface area (Å²) < 4.78 is 0. The molecule has 0 aliphatic heterocycles. The van der Waals surface area contributed by atoms with Crippen LogP contribution in [0.2, 0.25) is 0 Å². The number of phenols is 1. The zero-order valence-electron chi connectivity index (χ0n) is 30.4. The van der Waals surface area contributed by atoms with Crippen LogP contribution in [0.4, 0.5) is 0 Å². The van der Waals surface area contributed by atoms with Gasteiger partial charge in [-0.2, -0.15) is 0 Å². The highest BCUT2D eigenvalue weighted by Gasteiger charge is 2.31. The highest BCUT2D eigenvalue weighted by Crippen LogP contribution is 2.13. The highest BCUT2D eigenvalue weighted by atomic mass is 16.4. The van der Waals surface area contributed by atoms with Gasteiger partial charge in [0.15, 0.2) is 0 Å². The van der Waals surface area contributed by atoms with Crippen molar-refractivity contribution in [3.05, 3.63) is 65.7 Å². The molecule has 5 amide bonds. The minimum absolute atomic E-state index is 0.00706. The molecule has 0 aromatic heterocycles. The lowest BCUT2D eigenvalue weighted by Crippen LogP contribution is -2.58. The van der Waals surface area contributed by atoms with Crippen molar-refractivity contribution in [1.29, 1.82) is 0 Å². The summed E-state index contributed by atoms with van der Waals surface area (Å²) in [5.41, 5.74) is 12.9. The third-order valence-corrected chi connectivity index (χ3v) is 8.24. The Kier molecular flexibility index (Phi) is 18.3. The van der Waals surface area contributed by atoms with Crippen LogP contribution in [0.25, 0.3) is 0 Å². The number of nitrogens with two attached hydrogens (primary N) is 2. The normalized spacial score (nSPS) is 14.0. The second-order valence-corrected chi connectivity index (χ2v) is 13.6. The van der Waals surface area contributed by atoms with Gasteiger partial charge >= 0.3 is 5.97 Å². The lowest BCUT2D eigenvalue weighted by atomic mass is 9.99. The summed E-state index contributed by atoms with van der Waals surface area (Å²) in [5.74, 6) is -4.65. The Morgan fingerprint density at radius 3 is 1.87 bits per heavy atom. The first kappa shape index (κ1) is 43.1. The van der Waals surface area contributed by atoms with Crippen molar-refractivity contribution >= 4 is 35.5 Å². The van der Waals surface area contributed by atoms with Crippen molar-refractivity contribution in [1.82, 2.24) is 26.6 Å². The molecule has 0 bridgehead atoms. The molecule has 0 heterocycles. The average molecular weight is 726 g/mol. The van der Waals surface area contributed by atoms with Gasteiger partial charge in [-0.15, -0.1) is 0 Å². The molecule has 2 aromatic carbocycles. The molecule has 0 aliphatic rings. The number of unbranched alkanes of at least 4 members (excludes halogenated alkanes) is 1. The molecule has 0 radical (unpaired) electrons. The lowest BCUT2D eigenvalue weighted by molar-refractivity contribution is -0.142. The van der Waals surface area contributed by atoms with Crippen molar-refractivity contribution in [2.24, 2.45) is 23.3 Å². The SMILES string of the molecule is CC(C)C[C@H](N)C(=O)N[C@H](C(=O)N[C@@H](CCCCN)C(=O)NCC(=O)N[C@@H](Cc1ccccc1)C(=O)N[C@@H](Cc1ccc(O)cc1)C(=O)O)C(C)C. The number of carboxylic acids is 1. The number of hydrogen-bond acceptors (Lipinski definition) is 9. The van der Waals surface area contributed by atoms with Crippen LogP contribution < -0.4 is 38.1 Å². The number of phenolic OH excluding ortho intramolecular Hbond substituents is 1. The molecule has 0 spiro atoms. The van der Waals surface area contributed by atoms with E-state index >= 15 is 0 Å². The van der Waals surface area contributed by atoms with Gasteiger partial charge in [-0.1, -0.05) is 70.2 Å². The van der Waals surface area contributed by atoms with E-state index in [1.165, 1.54) is 24.3 Å². The standard InChI is InChI=1S/C37H55N7O8/c1-22(2)18-27(39)33(47)44-32(23(3)4)36(50)42-28(12-8-9-17-38)34(48)40-21-31(46)41-29(19-24-10-6-5-7-11-24)35(49)43-30(37(51)52)20-25-13-15-26(45)16-14-25/h5-7,10-11,13-16,22-23,27-30,32,45H,8-9,12,17-21,38-39H2,1-4H3,(H,40,48)(H,41,46)(H,42,50)(H,43,49)(H,44,47)(H,51,52)/t27-,28-,29-,30-,32-/m0/s1. The molecule has 0 fully saturated rings. The van der Waals surface area contributed by atoms with E-state index in [1.807, 2.05) is 13.8 Å². The van der Waals surface area contributed by atoms with Gasteiger partial charge in [0.2, 0.25) is 29.5 Å². The fourth-order valence-electron chi connectivity index (χ4n) is 5.37. The maximum atomic E-state index is 13.4. The van der Waals surface area contributed by atoms with Gasteiger partial charge in [-0.25, -0.2) is 4.79 Å². The fraction of sp³-hybridized carbons (Fsp3) is 0.514. The largest absolute Gasteiger partial charge is 0.508 e. The molecule has 52 heavy (non-hydrogen) atoms. The first-order chi connectivity index (χ1) is 24.6. The first-order valence-electron chi connectivity index (χ1n) is 17.6. The van der Waals surface area contributed by atoms with Gasteiger partial charge in [0.1, 0.15) is 29.9 Å². The zero-order valence-corrected chi connectivity index (χ0v) is 30.4. The number of rotatable bonds is 22. The maximum Gasteiger partial charge on any atom is 0.326 e. The predicted octanol–water partition coefficient (Wildman–Crippen LogP) is 0.476. The molecule has 286 valence electrons. The van der Waals surface area contributed by atoms with Gasteiger partial charge in [0.25, 0.3) is 0 Å². The number of carboxylic acid groups (broad SMARTS) is 1. The van der Waals surface area contributed by atoms with E-state index in [1.54, 1.807) is 44.2 Å². The third kappa shape index (κ3) is 15.5. The Morgan fingerprint density at radius 1 is 0.692 bits per heavy atom. The van der Waals surface area contributed by atoms with E-state index in [2.05, 4.69) is 26.6 Å². The number of aromatic hydroxyl groups is 1. The molecule has 0 unspecified atom stereocenters. The molecule has 0 aliphatic carbocycles. The summed E-state index contributed by atoms with van der Waals surface area (Å²) in [6.07, 6.45) is 1.66. The molecule has 0 saturated carbocycles. The fourth-order valence-corrected chi connectivity index (χ4v) is 5.37. The molecule has 2 rings (SSSR count). The summed E-state index contributed by atoms with van der Waals surface area (Å²) in [7, 11) is 0. The van der Waals surface area contributed by atoms with Crippen molar-refractivity contribution in [3.8, 4) is 5.75 Å². The minimum atomic E-state index is -1.34. The van der Waals surface area contributed by atoms with Crippen LogP contribution in [0.3, 0.4) is 0 Å². The average Bonchev–Trinajstić information content (AvgIpc) is 3.09. The van der Waals surface area contributed by atoms with E-state index < -0.39 is 72.3 Å². The van der Waals surface area contributed by atoms with Crippen molar-refractivity contribution in [2.45, 2.75) is 96.4 Å². The Morgan fingerprint density at radius 2 is 1.29 bits per heavy atom. The number of aliphatic carboxylic acids is 1. The van der Waals surface area contributed by atoms with Crippen LogP contribution >= 0.6 is 0 Å². The monoisotopic (exact) mass is 725 g/mol. The molecular weight excluding hydrogens is 670 g/mol. The summed E-state index contributed by atoms with van der Waals surface area (Å²) in [6, 6.07) is 9.30. The van der Waals surface area contributed by atoms with E-state index in [4.69, 9.17) is 11.5 Å². The van der Waals surface area contributed by atoms with E-state index in [0.29, 0.717) is 36.9 Å². The molecule has 15 nitrogen and oxygen atoms in total. The summed E-state index contributed by atoms with van der Waals surface area (Å²) in [4.78, 5) is 78.1. The molecule has 2 aromatic rings. The van der Waals surface area contributed by atoms with E-state index in [0.717, 1.165) is 0 Å². The van der Waals surface area contributed by atoms with Gasteiger partial charge in [-0.05, 0) is 67.3 Å². The van der Waals surface area contributed by atoms with Crippen molar-refractivity contribution in [3.63, 3.8) is 0 Å². The predicted molar refractivity (Wildman–Crippen MR) is 195 cm³/mol. The Balaban J connectivity index is 2.15. The van der Waals surface area contributed by atoms with Crippen molar-refractivity contribution in [2.75, 3.05) is 13.1 Å². The number of nitrogens with one attached hydrogen (secondary N) is 5. The van der Waals surface area contributed by atoms with Crippen LogP contribution in [0, 0.1) is 11.8 Å². The molecule has 5 atom stereocenters.